The van der Waals surface area contributed by atoms with E-state index in [1.807, 2.05) is 0 Å². The van der Waals surface area contributed by atoms with Crippen LogP contribution in [0.4, 0.5) is 52.7 Å². The molecule has 132 valence electrons. The molecule has 0 saturated heterocycles. The molecule has 0 aliphatic heterocycles. The summed E-state index contributed by atoms with van der Waals surface area (Å²) in [6.07, 6.45) is -5.06. The SMILES string of the molecule is CC(F)(F)C(F)(F)COC1(F)C(F)C(F)(F)C(F)(F)C1(F)F. The number of ether oxygens (including phenoxy) is 1. The molecule has 0 aromatic heterocycles. The van der Waals surface area contributed by atoms with Crippen molar-refractivity contribution in [1.29, 1.82) is 0 Å². The van der Waals surface area contributed by atoms with Gasteiger partial charge in [-0.05, 0) is 0 Å². The lowest BCUT2D eigenvalue weighted by molar-refractivity contribution is -0.347. The van der Waals surface area contributed by atoms with Gasteiger partial charge < -0.3 is 4.74 Å². The molecule has 2 unspecified atom stereocenters. The van der Waals surface area contributed by atoms with Crippen molar-refractivity contribution in [2.24, 2.45) is 0 Å². The molecule has 0 aromatic rings. The van der Waals surface area contributed by atoms with Crippen LogP contribution in [0.5, 0.6) is 0 Å². The van der Waals surface area contributed by atoms with Crippen LogP contribution in [0.15, 0.2) is 0 Å². The minimum atomic E-state index is -6.63. The average molecular weight is 358 g/mol. The summed E-state index contributed by atoms with van der Waals surface area (Å²) >= 11 is 0. The Bertz CT molecular complexity index is 440. The first kappa shape index (κ1) is 19.2. The van der Waals surface area contributed by atoms with E-state index in [-0.39, 0.29) is 0 Å². The molecule has 0 bridgehead atoms. The Morgan fingerprint density at radius 1 is 0.864 bits per heavy atom. The van der Waals surface area contributed by atoms with E-state index in [9.17, 15) is 52.7 Å². The number of hydrogen-bond acceptors (Lipinski definition) is 1. The summed E-state index contributed by atoms with van der Waals surface area (Å²) in [6.45, 7) is -3.50. The van der Waals surface area contributed by atoms with E-state index in [2.05, 4.69) is 4.74 Å². The van der Waals surface area contributed by atoms with E-state index >= 15 is 0 Å². The van der Waals surface area contributed by atoms with Crippen molar-refractivity contribution in [3.8, 4) is 0 Å². The van der Waals surface area contributed by atoms with E-state index in [0.29, 0.717) is 0 Å². The van der Waals surface area contributed by atoms with Crippen molar-refractivity contribution in [3.05, 3.63) is 0 Å². The molecule has 2 atom stereocenters. The Morgan fingerprint density at radius 3 is 1.55 bits per heavy atom. The third-order valence-electron chi connectivity index (χ3n) is 2.99. The normalized spacial score (nSPS) is 34.0. The lowest BCUT2D eigenvalue weighted by atomic mass is 10.1. The number of rotatable bonds is 4. The summed E-state index contributed by atoms with van der Waals surface area (Å²) in [5.41, 5.74) is 0. The number of alkyl halides is 12. The van der Waals surface area contributed by atoms with Gasteiger partial charge in [0.25, 0.3) is 0 Å². The van der Waals surface area contributed by atoms with Gasteiger partial charge in [-0.15, -0.1) is 0 Å². The minimum Gasteiger partial charge on any atom is -0.332 e. The van der Waals surface area contributed by atoms with Crippen molar-refractivity contribution in [2.75, 3.05) is 6.61 Å². The van der Waals surface area contributed by atoms with Crippen LogP contribution in [0, 0.1) is 0 Å². The third-order valence-corrected chi connectivity index (χ3v) is 2.99. The van der Waals surface area contributed by atoms with E-state index < -0.39 is 55.2 Å². The van der Waals surface area contributed by atoms with Crippen molar-refractivity contribution in [3.63, 3.8) is 0 Å². The Kier molecular flexibility index (Phi) is 3.98. The molecule has 0 heterocycles. The molecule has 0 spiro atoms. The Balaban J connectivity index is 3.18. The minimum absolute atomic E-state index is 0.468. The van der Waals surface area contributed by atoms with Gasteiger partial charge >= 0.3 is 35.5 Å². The molecule has 13 heteroatoms. The van der Waals surface area contributed by atoms with Gasteiger partial charge in [-0.1, -0.05) is 0 Å². The first-order chi connectivity index (χ1) is 9.36. The van der Waals surface area contributed by atoms with Gasteiger partial charge in [0.1, 0.15) is 6.61 Å². The van der Waals surface area contributed by atoms with E-state index in [0.717, 1.165) is 0 Å². The lowest BCUT2D eigenvalue weighted by Crippen LogP contribution is -2.56. The van der Waals surface area contributed by atoms with Crippen LogP contribution in [-0.2, 0) is 4.74 Å². The predicted molar refractivity (Wildman–Crippen MR) is 45.1 cm³/mol. The van der Waals surface area contributed by atoms with Crippen LogP contribution in [0.1, 0.15) is 6.92 Å². The molecule has 22 heavy (non-hydrogen) atoms. The fraction of sp³-hybridized carbons (Fsp3) is 1.00. The van der Waals surface area contributed by atoms with Gasteiger partial charge in [0, 0.05) is 6.92 Å². The molecule has 0 radical (unpaired) electrons. The lowest BCUT2D eigenvalue weighted by Gasteiger charge is -2.31. The molecule has 1 aliphatic carbocycles. The highest BCUT2D eigenvalue weighted by Crippen LogP contribution is 2.64. The van der Waals surface area contributed by atoms with Crippen LogP contribution >= 0.6 is 0 Å². The molecular formula is C9H6F12O. The van der Waals surface area contributed by atoms with Crippen LogP contribution in [0.3, 0.4) is 0 Å². The molecule has 1 rings (SSSR count). The second-order valence-corrected chi connectivity index (χ2v) is 4.66. The average Bonchev–Trinajstić information content (AvgIpc) is 2.37. The van der Waals surface area contributed by atoms with E-state index in [4.69, 9.17) is 0 Å². The van der Waals surface area contributed by atoms with Gasteiger partial charge in [0.2, 0.25) is 6.17 Å². The van der Waals surface area contributed by atoms with Gasteiger partial charge in [0.05, 0.1) is 0 Å². The van der Waals surface area contributed by atoms with E-state index in [1.54, 1.807) is 0 Å². The zero-order valence-electron chi connectivity index (χ0n) is 10.2. The monoisotopic (exact) mass is 358 g/mol. The number of hydrogen-bond donors (Lipinski definition) is 0. The fourth-order valence-electron chi connectivity index (χ4n) is 1.46. The van der Waals surface area contributed by atoms with Crippen molar-refractivity contribution < 1.29 is 57.4 Å². The molecule has 0 N–H and O–H groups in total. The molecule has 1 nitrogen and oxygen atoms in total. The Hall–Kier alpha value is -0.880. The molecule has 1 aliphatic rings. The van der Waals surface area contributed by atoms with Crippen LogP contribution in [-0.4, -0.2) is 48.2 Å². The second-order valence-electron chi connectivity index (χ2n) is 4.66. The Labute approximate surface area is 114 Å². The zero-order valence-corrected chi connectivity index (χ0v) is 10.2. The molecule has 0 aromatic carbocycles. The topological polar surface area (TPSA) is 9.23 Å². The molecule has 1 fully saturated rings. The highest BCUT2D eigenvalue weighted by Gasteiger charge is 2.94. The summed E-state index contributed by atoms with van der Waals surface area (Å²) in [4.78, 5) is 0. The van der Waals surface area contributed by atoms with E-state index in [1.165, 1.54) is 0 Å². The third kappa shape index (κ3) is 2.14. The first-order valence-corrected chi connectivity index (χ1v) is 5.22. The highest BCUT2D eigenvalue weighted by molar-refractivity contribution is 5.19. The number of halogens is 12. The zero-order chi connectivity index (χ0) is 18.0. The Morgan fingerprint density at radius 2 is 1.27 bits per heavy atom. The van der Waals surface area contributed by atoms with Crippen LogP contribution in [0.25, 0.3) is 0 Å². The quantitative estimate of drug-likeness (QED) is 0.684. The van der Waals surface area contributed by atoms with Gasteiger partial charge in [-0.2, -0.15) is 35.1 Å². The van der Waals surface area contributed by atoms with Crippen molar-refractivity contribution in [1.82, 2.24) is 0 Å². The molecule has 1 saturated carbocycles. The molecule has 0 amide bonds. The van der Waals surface area contributed by atoms with Gasteiger partial charge in [-0.3, -0.25) is 0 Å². The largest absolute Gasteiger partial charge is 0.381 e. The summed E-state index contributed by atoms with van der Waals surface area (Å²) in [5, 5.41) is 0. The summed E-state index contributed by atoms with van der Waals surface area (Å²) in [6, 6.07) is 0. The maximum absolute atomic E-state index is 13.5. The predicted octanol–water partition coefficient (Wildman–Crippen LogP) is 4.22. The summed E-state index contributed by atoms with van der Waals surface area (Å²) in [7, 11) is 0. The summed E-state index contributed by atoms with van der Waals surface area (Å²) in [5.74, 6) is -35.9. The van der Waals surface area contributed by atoms with Crippen LogP contribution in [0.2, 0.25) is 0 Å². The van der Waals surface area contributed by atoms with Crippen molar-refractivity contribution >= 4 is 0 Å². The highest BCUT2D eigenvalue weighted by atomic mass is 19.4. The first-order valence-electron chi connectivity index (χ1n) is 5.22. The van der Waals surface area contributed by atoms with Crippen molar-refractivity contribution in [2.45, 2.75) is 48.6 Å². The van der Waals surface area contributed by atoms with Gasteiger partial charge in [-0.25, -0.2) is 17.6 Å². The van der Waals surface area contributed by atoms with Crippen LogP contribution < -0.4 is 0 Å². The fourth-order valence-corrected chi connectivity index (χ4v) is 1.46. The smallest absolute Gasteiger partial charge is 0.332 e. The molecular weight excluding hydrogens is 352 g/mol. The maximum Gasteiger partial charge on any atom is 0.381 e. The second kappa shape index (κ2) is 4.57. The van der Waals surface area contributed by atoms with Gasteiger partial charge in [0.15, 0.2) is 0 Å². The standard InChI is InChI=1S/C9H6F12O/c1-4(11,12)5(13,14)2-22-7(17)3(10)6(15,16)8(18,19)9(7,20)21/h3H,2H2,1H3. The summed E-state index contributed by atoms with van der Waals surface area (Å²) < 4.78 is 156. The maximum atomic E-state index is 13.5.